The molecule has 3 N–H and O–H groups in total. The van der Waals surface area contributed by atoms with Crippen molar-refractivity contribution in [1.29, 1.82) is 0 Å². The van der Waals surface area contributed by atoms with Crippen molar-refractivity contribution in [2.75, 3.05) is 5.32 Å². The summed E-state index contributed by atoms with van der Waals surface area (Å²) in [5, 5.41) is 24.5. The second-order valence-corrected chi connectivity index (χ2v) is 3.41. The molecule has 0 aliphatic heterocycles. The molecule has 18 heavy (non-hydrogen) atoms. The van der Waals surface area contributed by atoms with Gasteiger partial charge in [0.15, 0.2) is 0 Å². The van der Waals surface area contributed by atoms with E-state index < -0.39 is 5.97 Å². The summed E-state index contributed by atoms with van der Waals surface area (Å²) in [4.78, 5) is 15.2. The van der Waals surface area contributed by atoms with Gasteiger partial charge in [-0.3, -0.25) is 0 Å². The summed E-state index contributed by atoms with van der Waals surface area (Å²) in [5.41, 5.74) is 0.719. The standard InChI is InChI=1S/C10H10N6O2/c1-6-3-2-4-8(12-6)11-5-7(10(17)18)9-13-15-16-14-9/h2-5H,1H3,(H,11,12)(H,17,18)(H,13,14,15,16)/b7-5-. The number of aliphatic carboxylic acids is 1. The third-order valence-corrected chi connectivity index (χ3v) is 2.07. The highest BCUT2D eigenvalue weighted by Crippen LogP contribution is 2.10. The van der Waals surface area contributed by atoms with Crippen molar-refractivity contribution in [2.24, 2.45) is 0 Å². The summed E-state index contributed by atoms with van der Waals surface area (Å²) < 4.78 is 0. The van der Waals surface area contributed by atoms with Gasteiger partial charge in [0, 0.05) is 11.9 Å². The van der Waals surface area contributed by atoms with Gasteiger partial charge in [-0.1, -0.05) is 6.07 Å². The molecule has 8 nitrogen and oxygen atoms in total. The van der Waals surface area contributed by atoms with Crippen molar-refractivity contribution < 1.29 is 9.90 Å². The molecule has 2 aromatic heterocycles. The fourth-order valence-corrected chi connectivity index (χ4v) is 1.27. The van der Waals surface area contributed by atoms with E-state index in [4.69, 9.17) is 5.11 Å². The van der Waals surface area contributed by atoms with Crippen LogP contribution in [0.2, 0.25) is 0 Å². The second-order valence-electron chi connectivity index (χ2n) is 3.41. The maximum atomic E-state index is 11.0. The van der Waals surface area contributed by atoms with Crippen molar-refractivity contribution in [3.8, 4) is 0 Å². The van der Waals surface area contributed by atoms with Crippen molar-refractivity contribution in [1.82, 2.24) is 25.6 Å². The maximum absolute atomic E-state index is 11.0. The number of hydrogen-bond donors (Lipinski definition) is 3. The Labute approximate surface area is 102 Å². The molecule has 2 rings (SSSR count). The van der Waals surface area contributed by atoms with Gasteiger partial charge in [0.2, 0.25) is 5.82 Å². The highest BCUT2D eigenvalue weighted by molar-refractivity contribution is 6.14. The van der Waals surface area contributed by atoms with E-state index in [9.17, 15) is 4.79 Å². The molecular formula is C10H10N6O2. The number of aromatic amines is 1. The van der Waals surface area contributed by atoms with Gasteiger partial charge in [-0.05, 0) is 24.3 Å². The van der Waals surface area contributed by atoms with Crippen molar-refractivity contribution in [2.45, 2.75) is 6.92 Å². The minimum atomic E-state index is -1.16. The summed E-state index contributed by atoms with van der Waals surface area (Å²) in [6.07, 6.45) is 1.27. The van der Waals surface area contributed by atoms with E-state index in [1.807, 2.05) is 19.1 Å². The van der Waals surface area contributed by atoms with Gasteiger partial charge in [-0.25, -0.2) is 9.78 Å². The van der Waals surface area contributed by atoms with Gasteiger partial charge in [0.25, 0.3) is 0 Å². The normalized spacial score (nSPS) is 11.3. The lowest BCUT2D eigenvalue weighted by Gasteiger charge is -2.02. The van der Waals surface area contributed by atoms with Crippen molar-refractivity contribution in [3.63, 3.8) is 0 Å². The summed E-state index contributed by atoms with van der Waals surface area (Å²) in [7, 11) is 0. The van der Waals surface area contributed by atoms with Gasteiger partial charge in [-0.15, -0.1) is 10.2 Å². The highest BCUT2D eigenvalue weighted by atomic mass is 16.4. The van der Waals surface area contributed by atoms with Crippen LogP contribution in [-0.4, -0.2) is 36.7 Å². The molecule has 0 atom stereocenters. The molecule has 0 aliphatic carbocycles. The molecule has 0 bridgehead atoms. The molecule has 0 aliphatic rings. The first kappa shape index (κ1) is 11.7. The Bertz CT molecular complexity index is 578. The van der Waals surface area contributed by atoms with E-state index >= 15 is 0 Å². The number of tetrazole rings is 1. The average molecular weight is 246 g/mol. The van der Waals surface area contributed by atoms with E-state index in [1.165, 1.54) is 6.20 Å². The number of aromatic nitrogens is 5. The van der Waals surface area contributed by atoms with Crippen molar-refractivity contribution >= 4 is 17.4 Å². The number of H-pyrrole nitrogens is 1. The lowest BCUT2D eigenvalue weighted by atomic mass is 10.3. The van der Waals surface area contributed by atoms with Crippen LogP contribution in [0.4, 0.5) is 5.82 Å². The molecule has 0 fully saturated rings. The summed E-state index contributed by atoms with van der Waals surface area (Å²) in [6, 6.07) is 5.37. The molecule has 0 aromatic carbocycles. The molecular weight excluding hydrogens is 236 g/mol. The second kappa shape index (κ2) is 5.04. The highest BCUT2D eigenvalue weighted by Gasteiger charge is 2.14. The molecule has 0 unspecified atom stereocenters. The van der Waals surface area contributed by atoms with Gasteiger partial charge >= 0.3 is 5.97 Å². The molecule has 0 saturated heterocycles. The van der Waals surface area contributed by atoms with Crippen LogP contribution in [-0.2, 0) is 4.79 Å². The predicted octanol–water partition coefficient (Wildman–Crippen LogP) is 0.441. The summed E-state index contributed by atoms with van der Waals surface area (Å²) in [5.74, 6) is -0.614. The zero-order valence-electron chi connectivity index (χ0n) is 9.45. The summed E-state index contributed by atoms with van der Waals surface area (Å²) in [6.45, 7) is 1.84. The van der Waals surface area contributed by atoms with E-state index in [-0.39, 0.29) is 11.4 Å². The van der Waals surface area contributed by atoms with Crippen LogP contribution in [0.3, 0.4) is 0 Å². The topological polar surface area (TPSA) is 117 Å². The number of aryl methyl sites for hydroxylation is 1. The first-order valence-corrected chi connectivity index (χ1v) is 5.04. The molecule has 2 heterocycles. The van der Waals surface area contributed by atoms with Crippen LogP contribution >= 0.6 is 0 Å². The molecule has 0 saturated carbocycles. The van der Waals surface area contributed by atoms with Gasteiger partial charge < -0.3 is 10.4 Å². The monoisotopic (exact) mass is 246 g/mol. The molecule has 0 radical (unpaired) electrons. The number of anilines is 1. The number of hydrogen-bond acceptors (Lipinski definition) is 6. The zero-order chi connectivity index (χ0) is 13.0. The fraction of sp³-hybridized carbons (Fsp3) is 0.100. The number of pyridine rings is 1. The third-order valence-electron chi connectivity index (χ3n) is 2.07. The number of carbonyl (C=O) groups is 1. The Kier molecular flexibility index (Phi) is 3.28. The SMILES string of the molecule is Cc1cccc(N/C=C(\C(=O)O)c2nn[nH]n2)n1. The molecule has 92 valence electrons. The Balaban J connectivity index is 2.22. The molecule has 2 aromatic rings. The Morgan fingerprint density at radius 2 is 2.33 bits per heavy atom. The Morgan fingerprint density at radius 1 is 1.50 bits per heavy atom. The minimum absolute atomic E-state index is 0.00246. The maximum Gasteiger partial charge on any atom is 0.341 e. The van der Waals surface area contributed by atoms with Crippen LogP contribution in [0.1, 0.15) is 11.5 Å². The van der Waals surface area contributed by atoms with Gasteiger partial charge in [0.05, 0.1) is 0 Å². The number of carboxylic acids is 1. The van der Waals surface area contributed by atoms with Gasteiger partial charge in [0.1, 0.15) is 11.4 Å². The number of rotatable bonds is 4. The molecule has 0 amide bonds. The first-order chi connectivity index (χ1) is 8.66. The number of carboxylic acid groups (broad SMARTS) is 1. The summed E-state index contributed by atoms with van der Waals surface area (Å²) >= 11 is 0. The predicted molar refractivity (Wildman–Crippen MR) is 62.4 cm³/mol. The van der Waals surface area contributed by atoms with Crippen LogP contribution in [0.15, 0.2) is 24.4 Å². The lowest BCUT2D eigenvalue weighted by Crippen LogP contribution is -2.05. The first-order valence-electron chi connectivity index (χ1n) is 5.04. The Morgan fingerprint density at radius 3 is 2.94 bits per heavy atom. The van der Waals surface area contributed by atoms with E-state index in [0.717, 1.165) is 5.69 Å². The molecule has 8 heteroatoms. The largest absolute Gasteiger partial charge is 0.477 e. The average Bonchev–Trinajstić information content (AvgIpc) is 2.82. The van der Waals surface area contributed by atoms with Crippen LogP contribution in [0, 0.1) is 6.92 Å². The lowest BCUT2D eigenvalue weighted by molar-refractivity contribution is -0.130. The quantitative estimate of drug-likeness (QED) is 0.670. The van der Waals surface area contributed by atoms with E-state index in [1.54, 1.807) is 6.07 Å². The van der Waals surface area contributed by atoms with Gasteiger partial charge in [-0.2, -0.15) is 5.21 Å². The van der Waals surface area contributed by atoms with Crippen LogP contribution in [0.25, 0.3) is 5.57 Å². The Hall–Kier alpha value is -2.77. The zero-order valence-corrected chi connectivity index (χ0v) is 9.45. The minimum Gasteiger partial charge on any atom is -0.477 e. The van der Waals surface area contributed by atoms with E-state index in [0.29, 0.717) is 5.82 Å². The molecule has 0 spiro atoms. The number of nitrogens with one attached hydrogen (secondary N) is 2. The third kappa shape index (κ3) is 2.67. The van der Waals surface area contributed by atoms with Crippen molar-refractivity contribution in [3.05, 3.63) is 35.9 Å². The van der Waals surface area contributed by atoms with Crippen LogP contribution < -0.4 is 5.32 Å². The number of nitrogens with zero attached hydrogens (tertiary/aromatic N) is 4. The van der Waals surface area contributed by atoms with E-state index in [2.05, 4.69) is 30.9 Å². The van der Waals surface area contributed by atoms with Crippen LogP contribution in [0.5, 0.6) is 0 Å². The fourth-order valence-electron chi connectivity index (χ4n) is 1.27. The smallest absolute Gasteiger partial charge is 0.341 e.